The van der Waals surface area contributed by atoms with Crippen molar-refractivity contribution in [2.24, 2.45) is 0 Å². The monoisotopic (exact) mass is 389 g/mol. The van der Waals surface area contributed by atoms with Gasteiger partial charge in [0.25, 0.3) is 5.91 Å². The van der Waals surface area contributed by atoms with E-state index in [9.17, 15) is 18.0 Å². The Morgan fingerprint density at radius 2 is 1.37 bits per heavy atom. The van der Waals surface area contributed by atoms with Crippen molar-refractivity contribution in [2.75, 3.05) is 0 Å². The van der Waals surface area contributed by atoms with E-state index in [-0.39, 0.29) is 0 Å². The van der Waals surface area contributed by atoms with E-state index in [1.54, 1.807) is 48.5 Å². The van der Waals surface area contributed by atoms with Crippen molar-refractivity contribution in [3.63, 3.8) is 0 Å². The van der Waals surface area contributed by atoms with E-state index in [4.69, 9.17) is 11.6 Å². The maximum absolute atomic E-state index is 13.2. The SMILES string of the molecule is O=C(N[C@@H](c1ccccc1)c1ccc(Cl)cc1)c1ccccc1C(F)(F)F. The van der Waals surface area contributed by atoms with Crippen LogP contribution in [0.1, 0.15) is 33.1 Å². The summed E-state index contributed by atoms with van der Waals surface area (Å²) in [5.41, 5.74) is 0.0754. The van der Waals surface area contributed by atoms with E-state index >= 15 is 0 Å². The van der Waals surface area contributed by atoms with Crippen LogP contribution in [0.25, 0.3) is 0 Å². The molecule has 1 amide bonds. The molecule has 2 nitrogen and oxygen atoms in total. The fraction of sp³-hybridized carbons (Fsp3) is 0.0952. The molecule has 3 aromatic carbocycles. The molecular weight excluding hydrogens is 375 g/mol. The Kier molecular flexibility index (Phi) is 5.51. The van der Waals surface area contributed by atoms with Gasteiger partial charge < -0.3 is 5.32 Å². The van der Waals surface area contributed by atoms with Crippen molar-refractivity contribution in [3.8, 4) is 0 Å². The minimum Gasteiger partial charge on any atom is -0.341 e. The molecule has 0 radical (unpaired) electrons. The van der Waals surface area contributed by atoms with Gasteiger partial charge in [-0.2, -0.15) is 13.2 Å². The Balaban J connectivity index is 1.98. The normalized spacial score (nSPS) is 12.4. The van der Waals surface area contributed by atoms with Gasteiger partial charge in [-0.1, -0.05) is 66.2 Å². The van der Waals surface area contributed by atoms with Gasteiger partial charge in [-0.05, 0) is 35.4 Å². The molecule has 6 heteroatoms. The third-order valence-corrected chi connectivity index (χ3v) is 4.34. The number of benzene rings is 3. The lowest BCUT2D eigenvalue weighted by Gasteiger charge is -2.21. The van der Waals surface area contributed by atoms with Gasteiger partial charge in [0, 0.05) is 5.02 Å². The highest BCUT2D eigenvalue weighted by molar-refractivity contribution is 6.30. The second kappa shape index (κ2) is 7.84. The summed E-state index contributed by atoms with van der Waals surface area (Å²) >= 11 is 5.92. The summed E-state index contributed by atoms with van der Waals surface area (Å²) in [7, 11) is 0. The number of amides is 1. The van der Waals surface area contributed by atoms with E-state index in [0.29, 0.717) is 10.6 Å². The fourth-order valence-electron chi connectivity index (χ4n) is 2.80. The molecule has 0 unspecified atom stereocenters. The van der Waals surface area contributed by atoms with Crippen LogP contribution in [-0.2, 0) is 6.18 Å². The van der Waals surface area contributed by atoms with Gasteiger partial charge in [-0.15, -0.1) is 0 Å². The standard InChI is InChI=1S/C21H15ClF3NO/c22-16-12-10-15(11-13-16)19(14-6-2-1-3-7-14)26-20(27)17-8-4-5-9-18(17)21(23,24)25/h1-13,19H,(H,26,27)/t19-/m0/s1. The minimum atomic E-state index is -4.61. The molecule has 0 bridgehead atoms. The van der Waals surface area contributed by atoms with Crippen molar-refractivity contribution < 1.29 is 18.0 Å². The molecule has 3 rings (SSSR count). The van der Waals surface area contributed by atoms with E-state index in [1.165, 1.54) is 18.2 Å². The lowest BCUT2D eigenvalue weighted by Crippen LogP contribution is -2.31. The average molecular weight is 390 g/mol. The highest BCUT2D eigenvalue weighted by Gasteiger charge is 2.35. The van der Waals surface area contributed by atoms with Crippen LogP contribution in [0, 0.1) is 0 Å². The zero-order chi connectivity index (χ0) is 19.4. The van der Waals surface area contributed by atoms with E-state index < -0.39 is 29.3 Å². The molecule has 0 saturated heterocycles. The number of alkyl halides is 3. The molecule has 0 aliphatic carbocycles. The number of carbonyl (C=O) groups excluding carboxylic acids is 1. The Morgan fingerprint density at radius 3 is 2.00 bits per heavy atom. The molecular formula is C21H15ClF3NO. The van der Waals surface area contributed by atoms with Crippen LogP contribution in [0.4, 0.5) is 13.2 Å². The first kappa shape index (κ1) is 19.0. The molecule has 1 N–H and O–H groups in total. The summed E-state index contributed by atoms with van der Waals surface area (Å²) < 4.78 is 39.7. The number of hydrogen-bond donors (Lipinski definition) is 1. The highest BCUT2D eigenvalue weighted by Crippen LogP contribution is 2.32. The molecule has 3 aromatic rings. The van der Waals surface area contributed by atoms with Crippen molar-refractivity contribution >= 4 is 17.5 Å². The number of carbonyl (C=O) groups is 1. The molecule has 0 heterocycles. The highest BCUT2D eigenvalue weighted by atomic mass is 35.5. The van der Waals surface area contributed by atoms with Gasteiger partial charge in [0.05, 0.1) is 17.2 Å². The van der Waals surface area contributed by atoms with E-state index in [2.05, 4.69) is 5.32 Å². The summed E-state index contributed by atoms with van der Waals surface area (Å²) in [6, 6.07) is 19.9. The third-order valence-electron chi connectivity index (χ3n) is 4.09. The summed E-state index contributed by atoms with van der Waals surface area (Å²) in [6.45, 7) is 0. The van der Waals surface area contributed by atoms with Crippen LogP contribution >= 0.6 is 11.6 Å². The molecule has 0 saturated carbocycles. The number of rotatable bonds is 4. The van der Waals surface area contributed by atoms with Gasteiger partial charge in [-0.3, -0.25) is 4.79 Å². The molecule has 1 atom stereocenters. The topological polar surface area (TPSA) is 29.1 Å². The van der Waals surface area contributed by atoms with E-state index in [0.717, 1.165) is 11.6 Å². The van der Waals surface area contributed by atoms with Crippen LogP contribution < -0.4 is 5.32 Å². The van der Waals surface area contributed by atoms with Gasteiger partial charge in [0.15, 0.2) is 0 Å². The quantitative estimate of drug-likeness (QED) is 0.593. The number of nitrogens with one attached hydrogen (secondary N) is 1. The molecule has 0 aliphatic heterocycles. The molecule has 138 valence electrons. The maximum Gasteiger partial charge on any atom is 0.417 e. The van der Waals surface area contributed by atoms with E-state index in [1.807, 2.05) is 6.07 Å². The largest absolute Gasteiger partial charge is 0.417 e. The fourth-order valence-corrected chi connectivity index (χ4v) is 2.92. The zero-order valence-corrected chi connectivity index (χ0v) is 14.8. The van der Waals surface area contributed by atoms with Gasteiger partial charge in [0.2, 0.25) is 0 Å². The average Bonchev–Trinajstić information content (AvgIpc) is 2.67. The van der Waals surface area contributed by atoms with Crippen LogP contribution in [0.5, 0.6) is 0 Å². The van der Waals surface area contributed by atoms with Crippen LogP contribution in [0.15, 0.2) is 78.9 Å². The lowest BCUT2D eigenvalue weighted by molar-refractivity contribution is -0.137. The Labute approximate surface area is 159 Å². The molecule has 0 spiro atoms. The predicted octanol–water partition coefficient (Wildman–Crippen LogP) is 5.88. The van der Waals surface area contributed by atoms with Gasteiger partial charge >= 0.3 is 6.18 Å². The molecule has 0 aromatic heterocycles. The van der Waals surface area contributed by atoms with Gasteiger partial charge in [0.1, 0.15) is 0 Å². The molecule has 0 fully saturated rings. The first-order valence-electron chi connectivity index (χ1n) is 8.14. The molecule has 27 heavy (non-hydrogen) atoms. The third kappa shape index (κ3) is 4.49. The maximum atomic E-state index is 13.2. The predicted molar refractivity (Wildman–Crippen MR) is 98.6 cm³/mol. The smallest absolute Gasteiger partial charge is 0.341 e. The minimum absolute atomic E-state index is 0.417. The zero-order valence-electron chi connectivity index (χ0n) is 14.0. The summed E-state index contributed by atoms with van der Waals surface area (Å²) in [6.07, 6.45) is -4.61. The van der Waals surface area contributed by atoms with Crippen LogP contribution in [-0.4, -0.2) is 5.91 Å². The second-order valence-electron chi connectivity index (χ2n) is 5.91. The van der Waals surface area contributed by atoms with Crippen molar-refractivity contribution in [1.82, 2.24) is 5.32 Å². The Hall–Kier alpha value is -2.79. The summed E-state index contributed by atoms with van der Waals surface area (Å²) in [5, 5.41) is 3.24. The Morgan fingerprint density at radius 1 is 0.815 bits per heavy atom. The summed E-state index contributed by atoms with van der Waals surface area (Å²) in [5.74, 6) is -0.799. The lowest BCUT2D eigenvalue weighted by atomic mass is 9.97. The van der Waals surface area contributed by atoms with Gasteiger partial charge in [-0.25, -0.2) is 0 Å². The van der Waals surface area contributed by atoms with Crippen molar-refractivity contribution in [3.05, 3.63) is 106 Å². The number of halogens is 4. The second-order valence-corrected chi connectivity index (χ2v) is 6.35. The Bertz CT molecular complexity index is 924. The molecule has 0 aliphatic rings. The first-order chi connectivity index (χ1) is 12.9. The number of hydrogen-bond acceptors (Lipinski definition) is 1. The van der Waals surface area contributed by atoms with Crippen LogP contribution in [0.3, 0.4) is 0 Å². The summed E-state index contributed by atoms with van der Waals surface area (Å²) in [4.78, 5) is 12.7. The van der Waals surface area contributed by atoms with Crippen LogP contribution in [0.2, 0.25) is 5.02 Å². The van der Waals surface area contributed by atoms with Crippen molar-refractivity contribution in [2.45, 2.75) is 12.2 Å². The first-order valence-corrected chi connectivity index (χ1v) is 8.51. The van der Waals surface area contributed by atoms with Crippen molar-refractivity contribution in [1.29, 1.82) is 0 Å².